The van der Waals surface area contributed by atoms with Crippen molar-refractivity contribution >= 4 is 35.0 Å². The summed E-state index contributed by atoms with van der Waals surface area (Å²) in [6.45, 7) is 2.51. The van der Waals surface area contributed by atoms with Gasteiger partial charge in [0.25, 0.3) is 5.91 Å². The van der Waals surface area contributed by atoms with Crippen molar-refractivity contribution in [2.75, 3.05) is 16.8 Å². The number of rotatable bonds is 7. The van der Waals surface area contributed by atoms with E-state index in [4.69, 9.17) is 4.74 Å². The van der Waals surface area contributed by atoms with Crippen LogP contribution in [0.1, 0.15) is 12.5 Å². The number of carbonyl (C=O) groups excluding carboxylic acids is 2. The van der Waals surface area contributed by atoms with Gasteiger partial charge in [0.15, 0.2) is 0 Å². The van der Waals surface area contributed by atoms with Gasteiger partial charge in [0, 0.05) is 11.4 Å². The van der Waals surface area contributed by atoms with Gasteiger partial charge < -0.3 is 10.1 Å². The van der Waals surface area contributed by atoms with E-state index in [2.05, 4.69) is 5.32 Å². The Bertz CT molecular complexity index is 1240. The van der Waals surface area contributed by atoms with E-state index in [0.29, 0.717) is 29.4 Å². The number of thioether (sulfide) groups is 1. The van der Waals surface area contributed by atoms with Crippen LogP contribution in [0.5, 0.6) is 5.75 Å². The molecule has 1 saturated heterocycles. The van der Waals surface area contributed by atoms with Crippen LogP contribution in [0.2, 0.25) is 0 Å². The molecule has 170 valence electrons. The van der Waals surface area contributed by atoms with Crippen molar-refractivity contribution in [3.8, 4) is 11.8 Å². The van der Waals surface area contributed by atoms with Gasteiger partial charge in [-0.1, -0.05) is 60.3 Å². The topological polar surface area (TPSA) is 82.4 Å². The quantitative estimate of drug-likeness (QED) is 0.382. The summed E-state index contributed by atoms with van der Waals surface area (Å²) in [5.41, 5.74) is 2.06. The number of ether oxygens (including phenoxy) is 1. The zero-order valence-corrected chi connectivity index (χ0v) is 19.4. The molecule has 0 saturated carbocycles. The lowest BCUT2D eigenvalue weighted by atomic mass is 10.1. The SMILES string of the molecule is CCOc1ccc(CC2SC(=C(C#N)C(=O)Nc3ccccc3)N(c3ccccc3)C2=O)cc1. The number of nitrogens with zero attached hydrogens (tertiary/aromatic N) is 2. The van der Waals surface area contributed by atoms with Crippen LogP contribution in [-0.4, -0.2) is 23.7 Å². The molecule has 1 aliphatic heterocycles. The lowest BCUT2D eigenvalue weighted by molar-refractivity contribution is -0.117. The number of para-hydroxylation sites is 2. The Morgan fingerprint density at radius 3 is 2.29 bits per heavy atom. The van der Waals surface area contributed by atoms with Gasteiger partial charge in [-0.2, -0.15) is 5.26 Å². The van der Waals surface area contributed by atoms with Gasteiger partial charge in [-0.05, 0) is 55.3 Å². The van der Waals surface area contributed by atoms with Crippen LogP contribution in [0.15, 0.2) is 95.5 Å². The molecule has 6 nitrogen and oxygen atoms in total. The fourth-order valence-corrected chi connectivity index (χ4v) is 4.92. The molecular formula is C27H23N3O3S. The number of carbonyl (C=O) groups is 2. The number of anilines is 2. The van der Waals surface area contributed by atoms with Gasteiger partial charge in [0.1, 0.15) is 22.4 Å². The summed E-state index contributed by atoms with van der Waals surface area (Å²) >= 11 is 1.24. The smallest absolute Gasteiger partial charge is 0.269 e. The van der Waals surface area contributed by atoms with Gasteiger partial charge >= 0.3 is 0 Å². The number of hydrogen-bond donors (Lipinski definition) is 1. The second-order valence-corrected chi connectivity index (χ2v) is 8.70. The first-order valence-electron chi connectivity index (χ1n) is 10.9. The molecule has 7 heteroatoms. The van der Waals surface area contributed by atoms with Crippen LogP contribution in [-0.2, 0) is 16.0 Å². The molecule has 1 fully saturated rings. The minimum absolute atomic E-state index is 0.0970. The van der Waals surface area contributed by atoms with Crippen molar-refractivity contribution < 1.29 is 14.3 Å². The van der Waals surface area contributed by atoms with E-state index in [0.717, 1.165) is 11.3 Å². The lowest BCUT2D eigenvalue weighted by Gasteiger charge is -2.18. The van der Waals surface area contributed by atoms with Crippen molar-refractivity contribution in [3.05, 3.63) is 101 Å². The van der Waals surface area contributed by atoms with Gasteiger partial charge in [0.2, 0.25) is 5.91 Å². The standard InChI is InChI=1S/C27H23N3O3S/c1-2-33-22-15-13-19(14-16-22)17-24-26(32)30(21-11-7-4-8-12-21)27(34-24)23(18-28)25(31)29-20-9-5-3-6-10-20/h3-16,24H,2,17H2,1H3,(H,29,31). The molecule has 1 heterocycles. The summed E-state index contributed by atoms with van der Waals surface area (Å²) < 4.78 is 5.50. The fraction of sp³-hybridized carbons (Fsp3) is 0.148. The Morgan fingerprint density at radius 1 is 1.03 bits per heavy atom. The van der Waals surface area contributed by atoms with Crippen LogP contribution in [0.3, 0.4) is 0 Å². The first kappa shape index (κ1) is 23.1. The van der Waals surface area contributed by atoms with Crippen molar-refractivity contribution in [3.63, 3.8) is 0 Å². The highest BCUT2D eigenvalue weighted by Gasteiger charge is 2.40. The van der Waals surface area contributed by atoms with Crippen molar-refractivity contribution in [2.45, 2.75) is 18.6 Å². The van der Waals surface area contributed by atoms with E-state index in [1.165, 1.54) is 16.7 Å². The van der Waals surface area contributed by atoms with E-state index >= 15 is 0 Å². The Kier molecular flexibility index (Phi) is 7.31. The summed E-state index contributed by atoms with van der Waals surface area (Å²) in [5, 5.41) is 12.5. The highest BCUT2D eigenvalue weighted by atomic mass is 32.2. The first-order chi connectivity index (χ1) is 16.6. The van der Waals surface area contributed by atoms with Gasteiger partial charge in [-0.15, -0.1) is 0 Å². The minimum Gasteiger partial charge on any atom is -0.494 e. The third kappa shape index (κ3) is 5.13. The molecule has 3 aromatic carbocycles. The second kappa shape index (κ2) is 10.7. The van der Waals surface area contributed by atoms with E-state index in [1.54, 1.807) is 36.4 Å². The Balaban J connectivity index is 1.66. The molecule has 1 aliphatic rings. The van der Waals surface area contributed by atoms with Gasteiger partial charge in [0.05, 0.1) is 11.9 Å². The molecule has 0 aliphatic carbocycles. The molecule has 34 heavy (non-hydrogen) atoms. The van der Waals surface area contributed by atoms with Crippen LogP contribution < -0.4 is 15.0 Å². The van der Waals surface area contributed by atoms with Crippen LogP contribution in [0, 0.1) is 11.3 Å². The maximum atomic E-state index is 13.5. The maximum absolute atomic E-state index is 13.5. The average Bonchev–Trinajstić information content (AvgIpc) is 3.17. The largest absolute Gasteiger partial charge is 0.494 e. The highest BCUT2D eigenvalue weighted by molar-refractivity contribution is 8.05. The maximum Gasteiger partial charge on any atom is 0.269 e. The van der Waals surface area contributed by atoms with Crippen molar-refractivity contribution in [1.82, 2.24) is 0 Å². The number of nitrogens with one attached hydrogen (secondary N) is 1. The average molecular weight is 470 g/mol. The van der Waals surface area contributed by atoms with Crippen LogP contribution in [0.4, 0.5) is 11.4 Å². The molecular weight excluding hydrogens is 446 g/mol. The van der Waals surface area contributed by atoms with E-state index in [-0.39, 0.29) is 11.5 Å². The molecule has 0 aromatic heterocycles. The van der Waals surface area contributed by atoms with E-state index < -0.39 is 11.2 Å². The molecule has 3 aromatic rings. The van der Waals surface area contributed by atoms with Crippen LogP contribution >= 0.6 is 11.8 Å². The Morgan fingerprint density at radius 2 is 1.68 bits per heavy atom. The Hall–Kier alpha value is -4.02. The number of benzene rings is 3. The molecule has 1 atom stereocenters. The molecule has 1 N–H and O–H groups in total. The summed E-state index contributed by atoms with van der Waals surface area (Å²) in [5.74, 6) is 0.0551. The summed E-state index contributed by atoms with van der Waals surface area (Å²) in [7, 11) is 0. The molecule has 1 unspecified atom stereocenters. The highest BCUT2D eigenvalue weighted by Crippen LogP contribution is 2.42. The monoisotopic (exact) mass is 469 g/mol. The number of nitriles is 1. The third-order valence-corrected chi connectivity index (χ3v) is 6.47. The van der Waals surface area contributed by atoms with E-state index in [1.807, 2.05) is 61.5 Å². The third-order valence-electron chi connectivity index (χ3n) is 5.21. The van der Waals surface area contributed by atoms with E-state index in [9.17, 15) is 14.9 Å². The molecule has 0 radical (unpaired) electrons. The summed E-state index contributed by atoms with van der Waals surface area (Å²) in [4.78, 5) is 28.0. The molecule has 2 amide bonds. The first-order valence-corrected chi connectivity index (χ1v) is 11.8. The number of amides is 2. The molecule has 0 bridgehead atoms. The normalized spacial score (nSPS) is 16.6. The van der Waals surface area contributed by atoms with Gasteiger partial charge in [-0.3, -0.25) is 14.5 Å². The summed E-state index contributed by atoms with van der Waals surface area (Å²) in [6.07, 6.45) is 0.460. The Labute approximate surface area is 202 Å². The predicted octanol–water partition coefficient (Wildman–Crippen LogP) is 5.15. The number of hydrogen-bond acceptors (Lipinski definition) is 5. The molecule has 0 spiro atoms. The zero-order valence-electron chi connectivity index (χ0n) is 18.6. The fourth-order valence-electron chi connectivity index (χ4n) is 3.62. The minimum atomic E-state index is -0.549. The zero-order chi connectivity index (χ0) is 23.9. The lowest BCUT2D eigenvalue weighted by Crippen LogP contribution is -2.30. The molecule has 4 rings (SSSR count). The van der Waals surface area contributed by atoms with Crippen molar-refractivity contribution in [2.24, 2.45) is 0 Å². The van der Waals surface area contributed by atoms with Crippen LogP contribution in [0.25, 0.3) is 0 Å². The summed E-state index contributed by atoms with van der Waals surface area (Å²) in [6, 6.07) is 27.6. The predicted molar refractivity (Wildman–Crippen MR) is 134 cm³/mol. The second-order valence-electron chi connectivity index (χ2n) is 7.51. The van der Waals surface area contributed by atoms with Crippen molar-refractivity contribution in [1.29, 1.82) is 5.26 Å². The van der Waals surface area contributed by atoms with Gasteiger partial charge in [-0.25, -0.2) is 0 Å².